The van der Waals surface area contributed by atoms with Crippen LogP contribution in [-0.4, -0.2) is 22.6 Å². The summed E-state index contributed by atoms with van der Waals surface area (Å²) in [5, 5.41) is 3.34. The topological polar surface area (TPSA) is 49.8 Å². The van der Waals surface area contributed by atoms with Gasteiger partial charge in [-0.2, -0.15) is 0 Å². The van der Waals surface area contributed by atoms with E-state index in [1.807, 2.05) is 41.8 Å². The van der Waals surface area contributed by atoms with Gasteiger partial charge in [0.05, 0.1) is 5.69 Å². The summed E-state index contributed by atoms with van der Waals surface area (Å²) in [4.78, 5) is 15.2. The van der Waals surface area contributed by atoms with Gasteiger partial charge in [-0.15, -0.1) is 0 Å². The van der Waals surface area contributed by atoms with Gasteiger partial charge in [-0.05, 0) is 38.4 Å². The van der Waals surface area contributed by atoms with Crippen molar-refractivity contribution in [2.24, 2.45) is 0 Å². The summed E-state index contributed by atoms with van der Waals surface area (Å²) >= 11 is 0. The molecule has 4 nitrogen and oxygen atoms in total. The van der Waals surface area contributed by atoms with E-state index in [2.05, 4.69) is 10.3 Å². The summed E-state index contributed by atoms with van der Waals surface area (Å²) in [5.74, 6) is 0. The number of nitrogens with zero attached hydrogens (tertiary/aromatic N) is 1. The van der Waals surface area contributed by atoms with Crippen LogP contribution < -0.4 is 11.0 Å². The molecule has 2 aromatic rings. The second-order valence-electron chi connectivity index (χ2n) is 5.11. The number of hydrogen-bond donors (Lipinski definition) is 2. The van der Waals surface area contributed by atoms with Crippen molar-refractivity contribution in [2.45, 2.75) is 25.8 Å². The first kappa shape index (κ1) is 12.2. The Morgan fingerprint density at radius 2 is 1.84 bits per heavy atom. The monoisotopic (exact) mass is 257 g/mol. The average Bonchev–Trinajstić information content (AvgIpc) is 2.76. The first-order chi connectivity index (χ1) is 9.27. The molecule has 0 unspecified atom stereocenters. The van der Waals surface area contributed by atoms with Gasteiger partial charge < -0.3 is 10.3 Å². The number of H-pyrrole nitrogens is 1. The third-order valence-electron chi connectivity index (χ3n) is 3.91. The van der Waals surface area contributed by atoms with E-state index in [1.165, 1.54) is 0 Å². The number of hydrogen-bond acceptors (Lipinski definition) is 2. The predicted octanol–water partition coefficient (Wildman–Crippen LogP) is 2.08. The molecule has 0 atom stereocenters. The molecule has 0 radical (unpaired) electrons. The molecule has 1 saturated heterocycles. The lowest BCUT2D eigenvalue weighted by atomic mass is 10.1. The Morgan fingerprint density at radius 1 is 1.16 bits per heavy atom. The number of imidazole rings is 1. The van der Waals surface area contributed by atoms with Gasteiger partial charge in [-0.25, -0.2) is 4.79 Å². The van der Waals surface area contributed by atoms with Crippen molar-refractivity contribution >= 4 is 0 Å². The van der Waals surface area contributed by atoms with E-state index in [0.717, 1.165) is 42.9 Å². The van der Waals surface area contributed by atoms with Crippen LogP contribution in [0.2, 0.25) is 0 Å². The molecular formula is C15H19N3O. The molecule has 4 heteroatoms. The van der Waals surface area contributed by atoms with Crippen LogP contribution in [0.5, 0.6) is 0 Å². The Balaban J connectivity index is 2.03. The van der Waals surface area contributed by atoms with E-state index in [4.69, 9.17) is 0 Å². The number of aromatic amines is 1. The highest BCUT2D eigenvalue weighted by Crippen LogP contribution is 2.24. The molecule has 3 rings (SSSR count). The van der Waals surface area contributed by atoms with Crippen LogP contribution in [0.3, 0.4) is 0 Å². The number of piperidine rings is 1. The highest BCUT2D eigenvalue weighted by Gasteiger charge is 2.21. The van der Waals surface area contributed by atoms with Crippen LogP contribution in [0.4, 0.5) is 0 Å². The van der Waals surface area contributed by atoms with Gasteiger partial charge in [-0.1, -0.05) is 30.3 Å². The fraction of sp³-hybridized carbons (Fsp3) is 0.400. The molecule has 0 spiro atoms. The molecule has 100 valence electrons. The van der Waals surface area contributed by atoms with Crippen LogP contribution >= 0.6 is 0 Å². The Hall–Kier alpha value is -1.81. The molecule has 0 amide bonds. The maximum Gasteiger partial charge on any atom is 0.326 e. The lowest BCUT2D eigenvalue weighted by Gasteiger charge is -2.24. The van der Waals surface area contributed by atoms with Gasteiger partial charge in [0.15, 0.2) is 0 Å². The van der Waals surface area contributed by atoms with Crippen molar-refractivity contribution in [1.82, 2.24) is 14.9 Å². The molecule has 0 bridgehead atoms. The maximum absolute atomic E-state index is 12.2. The molecule has 1 aromatic heterocycles. The molecule has 1 aliphatic heterocycles. The Labute approximate surface area is 112 Å². The van der Waals surface area contributed by atoms with Crippen molar-refractivity contribution in [2.75, 3.05) is 13.1 Å². The average molecular weight is 257 g/mol. The predicted molar refractivity (Wildman–Crippen MR) is 76.4 cm³/mol. The number of rotatable bonds is 2. The first-order valence-electron chi connectivity index (χ1n) is 6.84. The minimum atomic E-state index is 0.0169. The van der Waals surface area contributed by atoms with Crippen LogP contribution in [0, 0.1) is 6.92 Å². The summed E-state index contributed by atoms with van der Waals surface area (Å²) in [7, 11) is 0. The van der Waals surface area contributed by atoms with Gasteiger partial charge in [0, 0.05) is 11.7 Å². The van der Waals surface area contributed by atoms with E-state index < -0.39 is 0 Å². The minimum Gasteiger partial charge on any atom is -0.317 e. The number of benzene rings is 1. The van der Waals surface area contributed by atoms with E-state index in [-0.39, 0.29) is 5.69 Å². The van der Waals surface area contributed by atoms with Gasteiger partial charge in [0.25, 0.3) is 0 Å². The summed E-state index contributed by atoms with van der Waals surface area (Å²) < 4.78 is 1.93. The van der Waals surface area contributed by atoms with Gasteiger partial charge in [0.1, 0.15) is 0 Å². The third kappa shape index (κ3) is 2.24. The zero-order valence-electron chi connectivity index (χ0n) is 11.1. The summed E-state index contributed by atoms with van der Waals surface area (Å²) in [6.07, 6.45) is 2.04. The SMILES string of the molecule is Cc1c(-c2ccccc2)[nH]c(=O)n1C1CCNCC1. The normalized spacial score (nSPS) is 16.7. The molecule has 0 aliphatic carbocycles. The zero-order chi connectivity index (χ0) is 13.2. The number of aromatic nitrogens is 2. The highest BCUT2D eigenvalue weighted by molar-refractivity contribution is 5.61. The van der Waals surface area contributed by atoms with Crippen molar-refractivity contribution in [3.05, 3.63) is 46.5 Å². The molecule has 2 heterocycles. The molecular weight excluding hydrogens is 238 g/mol. The molecule has 0 saturated carbocycles. The molecule has 1 aliphatic rings. The third-order valence-corrected chi connectivity index (χ3v) is 3.91. The fourth-order valence-electron chi connectivity index (χ4n) is 2.92. The molecule has 19 heavy (non-hydrogen) atoms. The van der Waals surface area contributed by atoms with E-state index in [1.54, 1.807) is 0 Å². The van der Waals surface area contributed by atoms with E-state index in [9.17, 15) is 4.79 Å². The molecule has 1 fully saturated rings. The van der Waals surface area contributed by atoms with Crippen LogP contribution in [0.1, 0.15) is 24.6 Å². The molecule has 1 aromatic carbocycles. The number of nitrogens with one attached hydrogen (secondary N) is 2. The second-order valence-corrected chi connectivity index (χ2v) is 5.11. The van der Waals surface area contributed by atoms with Crippen molar-refractivity contribution < 1.29 is 0 Å². The van der Waals surface area contributed by atoms with Crippen molar-refractivity contribution in [1.29, 1.82) is 0 Å². The van der Waals surface area contributed by atoms with Gasteiger partial charge >= 0.3 is 5.69 Å². The van der Waals surface area contributed by atoms with Crippen LogP contribution in [0.15, 0.2) is 35.1 Å². The Bertz CT molecular complexity index is 606. The van der Waals surface area contributed by atoms with Crippen LogP contribution in [-0.2, 0) is 0 Å². The summed E-state index contributed by atoms with van der Waals surface area (Å²) in [6.45, 7) is 4.01. The van der Waals surface area contributed by atoms with Crippen molar-refractivity contribution in [3.8, 4) is 11.3 Å². The van der Waals surface area contributed by atoms with Gasteiger partial charge in [-0.3, -0.25) is 4.57 Å². The lowest BCUT2D eigenvalue weighted by molar-refractivity contribution is 0.357. The zero-order valence-corrected chi connectivity index (χ0v) is 11.1. The standard InChI is InChI=1S/C15H19N3O/c1-11-14(12-5-3-2-4-6-12)17-15(19)18(11)13-7-9-16-10-8-13/h2-6,13,16H,7-10H2,1H3,(H,17,19). The van der Waals surface area contributed by atoms with E-state index in [0.29, 0.717) is 6.04 Å². The fourth-order valence-corrected chi connectivity index (χ4v) is 2.92. The lowest BCUT2D eigenvalue weighted by Crippen LogP contribution is -2.33. The minimum absolute atomic E-state index is 0.0169. The van der Waals surface area contributed by atoms with E-state index >= 15 is 0 Å². The first-order valence-corrected chi connectivity index (χ1v) is 6.84. The summed E-state index contributed by atoms with van der Waals surface area (Å²) in [6, 6.07) is 10.4. The molecule has 2 N–H and O–H groups in total. The van der Waals surface area contributed by atoms with Gasteiger partial charge in [0.2, 0.25) is 0 Å². The second kappa shape index (κ2) is 5.05. The quantitative estimate of drug-likeness (QED) is 0.865. The van der Waals surface area contributed by atoms with Crippen molar-refractivity contribution in [3.63, 3.8) is 0 Å². The Morgan fingerprint density at radius 3 is 2.53 bits per heavy atom. The Kier molecular flexibility index (Phi) is 3.25. The summed E-state index contributed by atoms with van der Waals surface area (Å²) in [5.41, 5.74) is 3.08. The van der Waals surface area contributed by atoms with Crippen LogP contribution in [0.25, 0.3) is 11.3 Å². The maximum atomic E-state index is 12.2. The highest BCUT2D eigenvalue weighted by atomic mass is 16.1. The largest absolute Gasteiger partial charge is 0.326 e. The smallest absolute Gasteiger partial charge is 0.317 e.